The molecule has 2 amide bonds. The first kappa shape index (κ1) is 13.4. The summed E-state index contributed by atoms with van der Waals surface area (Å²) < 4.78 is 0. The second-order valence-corrected chi connectivity index (χ2v) is 5.85. The number of urea groups is 1. The van der Waals surface area contributed by atoms with Crippen LogP contribution in [0, 0.1) is 0 Å². The van der Waals surface area contributed by atoms with E-state index in [0.717, 1.165) is 32.7 Å². The molecule has 1 fully saturated rings. The second kappa shape index (κ2) is 6.20. The van der Waals surface area contributed by atoms with Crippen molar-refractivity contribution in [3.8, 4) is 0 Å². The van der Waals surface area contributed by atoms with Gasteiger partial charge in [-0.15, -0.1) is 11.3 Å². The molecular weight excluding hydrogens is 246 g/mol. The van der Waals surface area contributed by atoms with Crippen molar-refractivity contribution in [3.05, 3.63) is 22.4 Å². The van der Waals surface area contributed by atoms with E-state index in [1.54, 1.807) is 11.3 Å². The minimum absolute atomic E-state index is 0.167. The van der Waals surface area contributed by atoms with Crippen LogP contribution in [-0.2, 0) is 6.54 Å². The molecular formula is C13H21N3OS. The normalized spacial score (nSPS) is 16.1. The van der Waals surface area contributed by atoms with E-state index in [9.17, 15) is 4.79 Å². The lowest BCUT2D eigenvalue weighted by atomic mass is 10.3. The molecule has 0 aliphatic carbocycles. The number of piperazine rings is 1. The Labute approximate surface area is 113 Å². The summed E-state index contributed by atoms with van der Waals surface area (Å²) >= 11 is 1.71. The van der Waals surface area contributed by atoms with Gasteiger partial charge in [-0.3, -0.25) is 0 Å². The third-order valence-corrected chi connectivity index (χ3v) is 4.02. The molecule has 0 bridgehead atoms. The van der Waals surface area contributed by atoms with Crippen LogP contribution in [-0.4, -0.2) is 48.1 Å². The van der Waals surface area contributed by atoms with Gasteiger partial charge in [0, 0.05) is 37.1 Å². The van der Waals surface area contributed by atoms with Crippen molar-refractivity contribution >= 4 is 17.4 Å². The first-order valence-corrected chi connectivity index (χ1v) is 7.35. The van der Waals surface area contributed by atoms with E-state index in [1.807, 2.05) is 15.9 Å². The first-order valence-electron chi connectivity index (χ1n) is 6.47. The molecule has 0 aromatic carbocycles. The zero-order chi connectivity index (χ0) is 13.0. The molecule has 2 rings (SSSR count). The number of carbonyl (C=O) groups is 1. The molecule has 0 atom stereocenters. The molecule has 0 saturated carbocycles. The number of rotatable bonds is 3. The molecule has 100 valence electrons. The van der Waals surface area contributed by atoms with Gasteiger partial charge in [0.05, 0.1) is 6.54 Å². The van der Waals surface area contributed by atoms with Crippen LogP contribution >= 0.6 is 11.3 Å². The zero-order valence-corrected chi connectivity index (χ0v) is 11.9. The van der Waals surface area contributed by atoms with Crippen molar-refractivity contribution in [1.82, 2.24) is 15.1 Å². The minimum atomic E-state index is 0.167. The SMILES string of the molecule is CC(C)N(Cc1cccs1)C(=O)N1CCNCC1. The Bertz CT molecular complexity index is 372. The number of nitrogens with one attached hydrogen (secondary N) is 1. The Kier molecular flexibility index (Phi) is 4.60. The fourth-order valence-electron chi connectivity index (χ4n) is 2.08. The molecule has 18 heavy (non-hydrogen) atoms. The van der Waals surface area contributed by atoms with Crippen LogP contribution in [0.5, 0.6) is 0 Å². The topological polar surface area (TPSA) is 35.6 Å². The summed E-state index contributed by atoms with van der Waals surface area (Å²) in [6.07, 6.45) is 0. The molecule has 0 unspecified atom stereocenters. The van der Waals surface area contributed by atoms with Gasteiger partial charge in [-0.05, 0) is 25.3 Å². The van der Waals surface area contributed by atoms with Gasteiger partial charge >= 0.3 is 6.03 Å². The van der Waals surface area contributed by atoms with Crippen LogP contribution in [0.4, 0.5) is 4.79 Å². The Morgan fingerprint density at radius 1 is 1.50 bits per heavy atom. The maximum absolute atomic E-state index is 12.5. The molecule has 4 nitrogen and oxygen atoms in total. The summed E-state index contributed by atoms with van der Waals surface area (Å²) in [6.45, 7) is 8.30. The highest BCUT2D eigenvalue weighted by Crippen LogP contribution is 2.15. The molecule has 0 spiro atoms. The van der Waals surface area contributed by atoms with E-state index >= 15 is 0 Å². The van der Waals surface area contributed by atoms with Gasteiger partial charge in [0.2, 0.25) is 0 Å². The third kappa shape index (κ3) is 3.23. The molecule has 1 aliphatic rings. The van der Waals surface area contributed by atoms with Crippen molar-refractivity contribution in [2.24, 2.45) is 0 Å². The molecule has 5 heteroatoms. The lowest BCUT2D eigenvalue weighted by Crippen LogP contribution is -2.52. The smallest absolute Gasteiger partial charge is 0.320 e. The second-order valence-electron chi connectivity index (χ2n) is 4.82. The van der Waals surface area contributed by atoms with Crippen molar-refractivity contribution in [3.63, 3.8) is 0 Å². The largest absolute Gasteiger partial charge is 0.322 e. The van der Waals surface area contributed by atoms with Crippen LogP contribution in [0.15, 0.2) is 17.5 Å². The molecule has 2 heterocycles. The monoisotopic (exact) mass is 267 g/mol. The van der Waals surface area contributed by atoms with Crippen molar-refractivity contribution < 1.29 is 4.79 Å². The van der Waals surface area contributed by atoms with E-state index in [1.165, 1.54) is 4.88 Å². The molecule has 1 saturated heterocycles. The molecule has 1 aliphatic heterocycles. The fourth-order valence-corrected chi connectivity index (χ4v) is 2.78. The van der Waals surface area contributed by atoms with Crippen molar-refractivity contribution in [2.75, 3.05) is 26.2 Å². The first-order chi connectivity index (χ1) is 8.68. The summed E-state index contributed by atoms with van der Waals surface area (Å²) in [7, 11) is 0. The summed E-state index contributed by atoms with van der Waals surface area (Å²) in [5, 5.41) is 5.33. The Morgan fingerprint density at radius 2 is 2.22 bits per heavy atom. The number of hydrogen-bond donors (Lipinski definition) is 1. The van der Waals surface area contributed by atoms with Gasteiger partial charge in [0.25, 0.3) is 0 Å². The Morgan fingerprint density at radius 3 is 2.78 bits per heavy atom. The van der Waals surface area contributed by atoms with Gasteiger partial charge in [-0.25, -0.2) is 4.79 Å². The fraction of sp³-hybridized carbons (Fsp3) is 0.615. The van der Waals surface area contributed by atoms with Gasteiger partial charge in [0.1, 0.15) is 0 Å². The molecule has 1 N–H and O–H groups in total. The summed E-state index contributed by atoms with van der Waals surface area (Å²) in [4.78, 5) is 17.6. The number of carbonyl (C=O) groups excluding carboxylic acids is 1. The lowest BCUT2D eigenvalue weighted by molar-refractivity contribution is 0.131. The molecule has 1 aromatic heterocycles. The number of thiophene rings is 1. The predicted octanol–water partition coefficient (Wildman–Crippen LogP) is 1.98. The highest BCUT2D eigenvalue weighted by atomic mass is 32.1. The highest BCUT2D eigenvalue weighted by molar-refractivity contribution is 7.09. The quantitative estimate of drug-likeness (QED) is 0.909. The van der Waals surface area contributed by atoms with Crippen LogP contribution < -0.4 is 5.32 Å². The van der Waals surface area contributed by atoms with Crippen LogP contribution in [0.1, 0.15) is 18.7 Å². The van der Waals surface area contributed by atoms with Crippen molar-refractivity contribution in [1.29, 1.82) is 0 Å². The maximum atomic E-state index is 12.5. The molecule has 1 aromatic rings. The van der Waals surface area contributed by atoms with E-state index in [4.69, 9.17) is 0 Å². The van der Waals surface area contributed by atoms with Gasteiger partial charge in [0.15, 0.2) is 0 Å². The van der Waals surface area contributed by atoms with Crippen LogP contribution in [0.3, 0.4) is 0 Å². The predicted molar refractivity (Wildman–Crippen MR) is 74.8 cm³/mol. The summed E-state index contributed by atoms with van der Waals surface area (Å²) in [6, 6.07) is 4.52. The van der Waals surface area contributed by atoms with Crippen molar-refractivity contribution in [2.45, 2.75) is 26.4 Å². The van der Waals surface area contributed by atoms with E-state index in [2.05, 4.69) is 30.6 Å². The minimum Gasteiger partial charge on any atom is -0.322 e. The Balaban J connectivity index is 2.02. The number of nitrogens with zero attached hydrogens (tertiary/aromatic N) is 2. The van der Waals surface area contributed by atoms with E-state index in [0.29, 0.717) is 0 Å². The average molecular weight is 267 g/mol. The molecule has 0 radical (unpaired) electrons. The zero-order valence-electron chi connectivity index (χ0n) is 11.1. The summed E-state index contributed by atoms with van der Waals surface area (Å²) in [5.74, 6) is 0. The van der Waals surface area contributed by atoms with Gasteiger partial charge in [-0.1, -0.05) is 6.07 Å². The standard InChI is InChI=1S/C13H21N3OS/c1-11(2)16(10-12-4-3-9-18-12)13(17)15-7-5-14-6-8-15/h3-4,9,11,14H,5-8,10H2,1-2H3. The average Bonchev–Trinajstić information content (AvgIpc) is 2.89. The van der Waals surface area contributed by atoms with Crippen LogP contribution in [0.2, 0.25) is 0 Å². The maximum Gasteiger partial charge on any atom is 0.320 e. The third-order valence-electron chi connectivity index (χ3n) is 3.16. The summed E-state index contributed by atoms with van der Waals surface area (Å²) in [5.41, 5.74) is 0. The van der Waals surface area contributed by atoms with Gasteiger partial charge < -0.3 is 15.1 Å². The lowest BCUT2D eigenvalue weighted by Gasteiger charge is -2.35. The highest BCUT2D eigenvalue weighted by Gasteiger charge is 2.24. The number of amides is 2. The van der Waals surface area contributed by atoms with E-state index < -0.39 is 0 Å². The van der Waals surface area contributed by atoms with Crippen LogP contribution in [0.25, 0.3) is 0 Å². The van der Waals surface area contributed by atoms with E-state index in [-0.39, 0.29) is 12.1 Å². The van der Waals surface area contributed by atoms with Gasteiger partial charge in [-0.2, -0.15) is 0 Å². The Hall–Kier alpha value is -1.07. The number of hydrogen-bond acceptors (Lipinski definition) is 3.